The van der Waals surface area contributed by atoms with Gasteiger partial charge in [-0.3, -0.25) is 35.1 Å². The fourth-order valence-electron chi connectivity index (χ4n) is 9.09. The topological polar surface area (TPSA) is 318 Å². The number of aromatic nitrogens is 12. The van der Waals surface area contributed by atoms with Gasteiger partial charge in [0.2, 0.25) is 0 Å². The first kappa shape index (κ1) is 57.8. The van der Waals surface area contributed by atoms with E-state index in [0.717, 1.165) is 9.91 Å². The largest absolute Gasteiger partial charge is 0.444 e. The van der Waals surface area contributed by atoms with Crippen molar-refractivity contribution in [3.05, 3.63) is 150 Å². The van der Waals surface area contributed by atoms with Crippen LogP contribution < -0.4 is 10.2 Å². The second-order valence-corrected chi connectivity index (χ2v) is 23.6. The van der Waals surface area contributed by atoms with Gasteiger partial charge in [-0.25, -0.2) is 58.2 Å². The van der Waals surface area contributed by atoms with Crippen LogP contribution in [0.2, 0.25) is 0 Å². The highest BCUT2D eigenvalue weighted by atomic mass is 32.1. The maximum absolute atomic E-state index is 16.9. The second-order valence-electron chi connectivity index (χ2n) is 21.5. The maximum Gasteiger partial charge on any atom is 0.416 e. The van der Waals surface area contributed by atoms with E-state index in [9.17, 15) is 34.2 Å². The molecule has 0 aliphatic heterocycles. The molecule has 1 atom stereocenters. The van der Waals surface area contributed by atoms with Crippen molar-refractivity contribution in [3.63, 3.8) is 0 Å². The van der Waals surface area contributed by atoms with Gasteiger partial charge in [0.25, 0.3) is 11.4 Å². The Kier molecular flexibility index (Phi) is 16.7. The number of fused-ring (bicyclic) bond motifs is 4. The molecule has 25 nitrogen and oxygen atoms in total. The van der Waals surface area contributed by atoms with Crippen molar-refractivity contribution in [3.8, 4) is 0 Å². The van der Waals surface area contributed by atoms with Crippen molar-refractivity contribution in [1.29, 1.82) is 0 Å². The lowest BCUT2D eigenvalue weighted by molar-refractivity contribution is -0.384. The van der Waals surface area contributed by atoms with Crippen LogP contribution in [0, 0.1) is 31.9 Å². The van der Waals surface area contributed by atoms with Crippen molar-refractivity contribution < 1.29 is 37.7 Å². The molecule has 0 spiro atoms. The zero-order valence-corrected chi connectivity index (χ0v) is 47.9. The lowest BCUT2D eigenvalue weighted by Gasteiger charge is -2.27. The molecule has 0 radical (unpaired) electrons. The van der Waals surface area contributed by atoms with Crippen LogP contribution in [-0.4, -0.2) is 111 Å². The van der Waals surface area contributed by atoms with Gasteiger partial charge in [0.1, 0.15) is 67.8 Å². The van der Waals surface area contributed by atoms with Crippen molar-refractivity contribution in [2.24, 2.45) is 0 Å². The normalized spacial score (nSPS) is 12.3. The van der Waals surface area contributed by atoms with E-state index in [2.05, 4.69) is 55.2 Å². The number of aryl methyl sites for hydroxylation is 2. The first-order valence-corrected chi connectivity index (χ1v) is 28.2. The third kappa shape index (κ3) is 13.9. The molecule has 3 N–H and O–H groups in total. The van der Waals surface area contributed by atoms with Crippen LogP contribution in [0.5, 0.6) is 0 Å². The number of nitro groups is 2. The number of carbonyl (C=O) groups is 2. The third-order valence-corrected chi connectivity index (χ3v) is 15.1. The number of pyridine rings is 2. The number of benzene rings is 2. The Bertz CT molecular complexity index is 4100. The maximum atomic E-state index is 16.9. The van der Waals surface area contributed by atoms with Crippen molar-refractivity contribution in [2.45, 2.75) is 110 Å². The van der Waals surface area contributed by atoms with Gasteiger partial charge in [-0.05, 0) is 103 Å². The predicted molar refractivity (Wildman–Crippen MR) is 309 cm³/mol. The molecular weight excluding hydrogens is 1130 g/mol. The van der Waals surface area contributed by atoms with Gasteiger partial charge >= 0.3 is 12.2 Å². The van der Waals surface area contributed by atoms with Crippen LogP contribution in [-0.2, 0) is 48.2 Å². The molecule has 434 valence electrons. The number of amides is 2. The van der Waals surface area contributed by atoms with E-state index < -0.39 is 51.4 Å². The molecular formula is C55H55F2N17O8S2. The smallest absolute Gasteiger partial charge is 0.416 e. The van der Waals surface area contributed by atoms with Crippen LogP contribution in [0.15, 0.2) is 79.6 Å². The number of nitrogens with zero attached hydrogens (tertiary/aromatic N) is 14. The summed E-state index contributed by atoms with van der Waals surface area (Å²) < 4.78 is 43.0. The van der Waals surface area contributed by atoms with Gasteiger partial charge in [0, 0.05) is 69.0 Å². The van der Waals surface area contributed by atoms with Crippen molar-refractivity contribution in [1.82, 2.24) is 64.7 Å². The van der Waals surface area contributed by atoms with Crippen LogP contribution in [0.25, 0.3) is 42.8 Å². The monoisotopic (exact) mass is 1180 g/mol. The van der Waals surface area contributed by atoms with E-state index in [4.69, 9.17) is 19.4 Å². The van der Waals surface area contributed by atoms with E-state index in [1.54, 1.807) is 59.9 Å². The van der Waals surface area contributed by atoms with Crippen LogP contribution in [0.4, 0.5) is 41.4 Å². The van der Waals surface area contributed by atoms with Crippen LogP contribution in [0.1, 0.15) is 98.9 Å². The van der Waals surface area contributed by atoms with E-state index in [1.807, 2.05) is 0 Å². The third-order valence-electron chi connectivity index (χ3n) is 13.1. The zero-order chi connectivity index (χ0) is 59.5. The minimum Gasteiger partial charge on any atom is -0.444 e. The number of ether oxygens (including phenoxy) is 2. The highest BCUT2D eigenvalue weighted by Crippen LogP contribution is 2.34. The number of carbonyl (C=O) groups excluding carboxylic acids is 2. The summed E-state index contributed by atoms with van der Waals surface area (Å²) in [5.74, 6) is 0.00640. The Morgan fingerprint density at radius 3 is 1.92 bits per heavy atom. The SMILES string of the molecule is CC(C)(C)OC(=O)N(CCc1nc2cc([N+](=O)[O-])ccc2[nH]1)CCc1nc2c(N(Cc3ncc(C(CCc4nc5cc([N+](=O)[O-])ccc5[nH]4)CCc4nc5c(NCc6ncccc6F)ncnc5s4)cc3F)C(=O)OC(C)(C)C)ncnc2s1. The quantitative estimate of drug-likeness (QED) is 0.0444. The molecule has 84 heavy (non-hydrogen) atoms. The number of nitro benzene ring substituents is 2. The number of hydrogen-bond acceptors (Lipinski definition) is 21. The summed E-state index contributed by atoms with van der Waals surface area (Å²) in [6.07, 6.45) is 6.51. The molecule has 8 aromatic heterocycles. The summed E-state index contributed by atoms with van der Waals surface area (Å²) in [6.45, 7) is 10.3. The Morgan fingerprint density at radius 2 is 1.27 bits per heavy atom. The fourth-order valence-corrected chi connectivity index (χ4v) is 10.9. The number of anilines is 2. The van der Waals surface area contributed by atoms with Crippen molar-refractivity contribution >= 4 is 101 Å². The number of thiazole rings is 2. The Hall–Kier alpha value is -9.38. The number of halogens is 2. The van der Waals surface area contributed by atoms with Gasteiger partial charge in [-0.15, -0.1) is 0 Å². The summed E-state index contributed by atoms with van der Waals surface area (Å²) in [6, 6.07) is 13.0. The molecule has 0 bridgehead atoms. The molecule has 2 amide bonds. The molecule has 0 aliphatic rings. The molecule has 10 aromatic rings. The number of non-ortho nitro benzene ring substituents is 2. The number of H-pyrrole nitrogens is 2. The lowest BCUT2D eigenvalue weighted by Crippen LogP contribution is -2.39. The van der Waals surface area contributed by atoms with Gasteiger partial charge in [0.15, 0.2) is 11.6 Å². The molecule has 0 saturated carbocycles. The minimum absolute atomic E-state index is 0.0352. The van der Waals surface area contributed by atoms with E-state index in [-0.39, 0.29) is 72.5 Å². The molecule has 8 heterocycles. The number of nitrogens with one attached hydrogen (secondary N) is 3. The molecule has 2 aromatic carbocycles. The van der Waals surface area contributed by atoms with Crippen LogP contribution >= 0.6 is 22.7 Å². The van der Waals surface area contributed by atoms with Crippen molar-refractivity contribution in [2.75, 3.05) is 23.3 Å². The molecule has 0 fully saturated rings. The summed E-state index contributed by atoms with van der Waals surface area (Å²) in [5.41, 5.74) is 1.47. The average molecular weight is 1180 g/mol. The van der Waals surface area contributed by atoms with Gasteiger partial charge in [-0.1, -0.05) is 22.7 Å². The standard InChI is InChI=1S/C55H55F2N17O8S2/c1-54(2,3)81-52(75)71(20-17-43-66-37-14-12-33(74(79)80)24-39(37)68-43)21-18-45-70-47-49(62-29-64-51(47)84-45)72(53(76)82-55(4,5)6)27-41-35(57)22-31(25-59-41)30(9-15-42-65-36-13-11-32(73(77)78)23-38(36)67-42)10-16-44-69-46-48(61-28-63-50(46)83-44)60-26-40-34(56)8-7-19-58-40/h7-8,11-14,19,22-25,28-30H,9-10,15-18,20-21,26-27H2,1-6H3,(H,65,67)(H,66,68)(H,60,61,63). The molecule has 0 aliphatic carbocycles. The Balaban J connectivity index is 0.897. The Morgan fingerprint density at radius 1 is 0.679 bits per heavy atom. The summed E-state index contributed by atoms with van der Waals surface area (Å²) in [7, 11) is 0. The number of rotatable bonds is 21. The summed E-state index contributed by atoms with van der Waals surface area (Å²) >= 11 is 2.59. The highest BCUT2D eigenvalue weighted by molar-refractivity contribution is 7.18. The van der Waals surface area contributed by atoms with Gasteiger partial charge in [0.05, 0.1) is 66.4 Å². The minimum atomic E-state index is -0.981. The van der Waals surface area contributed by atoms with E-state index in [0.29, 0.717) is 91.0 Å². The molecule has 1 unspecified atom stereocenters. The summed E-state index contributed by atoms with van der Waals surface area (Å²) in [4.78, 5) is 105. The molecule has 0 saturated heterocycles. The first-order valence-electron chi connectivity index (χ1n) is 26.5. The number of hydrogen-bond donors (Lipinski definition) is 3. The van der Waals surface area contributed by atoms with Gasteiger partial charge in [-0.2, -0.15) is 0 Å². The second kappa shape index (κ2) is 24.2. The van der Waals surface area contributed by atoms with E-state index in [1.165, 1.54) is 88.9 Å². The zero-order valence-electron chi connectivity index (χ0n) is 46.3. The van der Waals surface area contributed by atoms with Crippen LogP contribution in [0.3, 0.4) is 0 Å². The Labute approximate surface area is 484 Å². The van der Waals surface area contributed by atoms with Gasteiger partial charge < -0.3 is 29.7 Å². The highest BCUT2D eigenvalue weighted by Gasteiger charge is 2.30. The number of imidazole rings is 2. The molecule has 10 rings (SSSR count). The molecule has 29 heteroatoms. The summed E-state index contributed by atoms with van der Waals surface area (Å²) in [5, 5.41) is 27.3. The fraction of sp³-hybridized carbons (Fsp3) is 0.345. The average Bonchev–Trinajstić information content (AvgIpc) is 3.28. The predicted octanol–water partition coefficient (Wildman–Crippen LogP) is 11.0. The first-order chi connectivity index (χ1) is 40.1. The van der Waals surface area contributed by atoms with E-state index >= 15 is 4.39 Å². The lowest BCUT2D eigenvalue weighted by atomic mass is 9.90. The number of aromatic amines is 2.